The number of benzene rings is 3. The van der Waals surface area contributed by atoms with E-state index in [1.165, 1.54) is 16.4 Å². The van der Waals surface area contributed by atoms with E-state index in [1.807, 2.05) is 0 Å². The Morgan fingerprint density at radius 3 is 2.29 bits per heavy atom. The number of nitrogens with zero attached hydrogens (tertiary/aromatic N) is 1. The average Bonchev–Trinajstić information content (AvgIpc) is 2.77. The van der Waals surface area contributed by atoms with Gasteiger partial charge in [0.15, 0.2) is 0 Å². The first-order chi connectivity index (χ1) is 16.1. The van der Waals surface area contributed by atoms with E-state index in [4.69, 9.17) is 27.9 Å². The predicted octanol–water partition coefficient (Wildman–Crippen LogP) is 5.39. The van der Waals surface area contributed by atoms with Gasteiger partial charge in [-0.3, -0.25) is 9.10 Å². The number of rotatable bonds is 8. The minimum Gasteiger partial charge on any atom is -0.462 e. The summed E-state index contributed by atoms with van der Waals surface area (Å²) in [6.07, 6.45) is 1.12. The molecule has 34 heavy (non-hydrogen) atoms. The van der Waals surface area contributed by atoms with Gasteiger partial charge in [0.2, 0.25) is 10.0 Å². The van der Waals surface area contributed by atoms with Gasteiger partial charge in [-0.1, -0.05) is 41.4 Å². The highest BCUT2D eigenvalue weighted by Gasteiger charge is 2.19. The quantitative estimate of drug-likeness (QED) is 0.402. The van der Waals surface area contributed by atoms with Crippen LogP contribution in [0.5, 0.6) is 0 Å². The first-order valence-corrected chi connectivity index (χ1v) is 12.8. The number of esters is 1. The van der Waals surface area contributed by atoms with Crippen LogP contribution >= 0.6 is 23.2 Å². The fourth-order valence-corrected chi connectivity index (χ4v) is 4.45. The number of amides is 1. The molecule has 10 heteroatoms. The smallest absolute Gasteiger partial charge is 0.339 e. The molecule has 1 amide bonds. The molecular weight excluding hydrogens is 499 g/mol. The average molecular weight is 521 g/mol. The number of ether oxygens (including phenoxy) is 1. The van der Waals surface area contributed by atoms with Gasteiger partial charge in [0, 0.05) is 16.3 Å². The van der Waals surface area contributed by atoms with Gasteiger partial charge >= 0.3 is 5.97 Å². The lowest BCUT2D eigenvalue weighted by atomic mass is 10.1. The topological polar surface area (TPSA) is 92.8 Å². The molecule has 0 spiro atoms. The molecule has 0 bridgehead atoms. The summed E-state index contributed by atoms with van der Waals surface area (Å²) in [5, 5.41) is 3.30. The fraction of sp³-hybridized carbons (Fsp3) is 0.167. The van der Waals surface area contributed by atoms with Crippen LogP contribution in [0, 0.1) is 0 Å². The van der Waals surface area contributed by atoms with Gasteiger partial charge in [-0.2, -0.15) is 0 Å². The van der Waals surface area contributed by atoms with E-state index in [0.29, 0.717) is 27.5 Å². The number of halogens is 2. The summed E-state index contributed by atoms with van der Waals surface area (Å²) in [4.78, 5) is 24.5. The van der Waals surface area contributed by atoms with Crippen molar-refractivity contribution < 1.29 is 22.7 Å². The summed E-state index contributed by atoms with van der Waals surface area (Å²) in [6.45, 7) is 2.00. The summed E-state index contributed by atoms with van der Waals surface area (Å²) < 4.78 is 30.8. The van der Waals surface area contributed by atoms with E-state index >= 15 is 0 Å². The van der Waals surface area contributed by atoms with Gasteiger partial charge in [-0.15, -0.1) is 0 Å². The second-order valence-electron chi connectivity index (χ2n) is 7.32. The first kappa shape index (κ1) is 25.6. The zero-order valence-corrected chi connectivity index (χ0v) is 20.7. The molecule has 3 aromatic rings. The van der Waals surface area contributed by atoms with Crippen molar-refractivity contribution in [3.8, 4) is 0 Å². The van der Waals surface area contributed by atoms with E-state index in [2.05, 4.69) is 5.32 Å². The van der Waals surface area contributed by atoms with Crippen LogP contribution in [-0.4, -0.2) is 33.2 Å². The summed E-state index contributed by atoms with van der Waals surface area (Å²) in [6, 6.07) is 17.6. The number of carbonyl (C=O) groups excluding carboxylic acids is 2. The van der Waals surface area contributed by atoms with Crippen LogP contribution < -0.4 is 9.62 Å². The molecule has 0 aliphatic carbocycles. The largest absolute Gasteiger partial charge is 0.462 e. The SMILES string of the molecule is CCOC(=O)c1ccc(NC(=O)c2ccc(CN(c3cccc(Cl)c3)S(C)(=O)=O)cc2)cc1Cl. The molecule has 0 atom stereocenters. The van der Waals surface area contributed by atoms with Crippen LogP contribution in [0.1, 0.15) is 33.2 Å². The Balaban J connectivity index is 1.73. The normalized spacial score (nSPS) is 11.1. The number of carbonyl (C=O) groups is 2. The number of sulfonamides is 1. The third-order valence-electron chi connectivity index (χ3n) is 4.76. The Morgan fingerprint density at radius 2 is 1.71 bits per heavy atom. The molecule has 0 unspecified atom stereocenters. The zero-order chi connectivity index (χ0) is 24.9. The van der Waals surface area contributed by atoms with Gasteiger partial charge in [0.05, 0.1) is 35.7 Å². The number of hydrogen-bond donors (Lipinski definition) is 1. The molecule has 0 aliphatic heterocycles. The molecule has 0 aromatic heterocycles. The van der Waals surface area contributed by atoms with Crippen molar-refractivity contribution in [3.05, 3.63) is 93.5 Å². The molecule has 3 rings (SSSR count). The van der Waals surface area contributed by atoms with Gasteiger partial charge in [0.25, 0.3) is 5.91 Å². The van der Waals surface area contributed by atoms with Crippen molar-refractivity contribution in [2.75, 3.05) is 22.5 Å². The van der Waals surface area contributed by atoms with E-state index in [1.54, 1.807) is 61.5 Å². The summed E-state index contributed by atoms with van der Waals surface area (Å²) in [5.41, 5.74) is 2.11. The van der Waals surface area contributed by atoms with Gasteiger partial charge in [0.1, 0.15) is 0 Å². The Labute approximate surface area is 208 Å². The molecule has 0 fully saturated rings. The molecule has 7 nitrogen and oxygen atoms in total. The van der Waals surface area contributed by atoms with Crippen LogP contribution in [-0.2, 0) is 21.3 Å². The molecule has 178 valence electrons. The van der Waals surface area contributed by atoms with Crippen LogP contribution in [0.25, 0.3) is 0 Å². The third kappa shape index (κ3) is 6.50. The Bertz CT molecular complexity index is 1310. The summed E-state index contributed by atoms with van der Waals surface area (Å²) in [7, 11) is -3.57. The molecule has 3 aromatic carbocycles. The molecule has 0 saturated heterocycles. The lowest BCUT2D eigenvalue weighted by Gasteiger charge is -2.22. The van der Waals surface area contributed by atoms with Gasteiger partial charge < -0.3 is 10.1 Å². The monoisotopic (exact) mass is 520 g/mol. The summed E-state index contributed by atoms with van der Waals surface area (Å²) in [5.74, 6) is -0.928. The van der Waals surface area contributed by atoms with Crippen molar-refractivity contribution in [1.29, 1.82) is 0 Å². The van der Waals surface area contributed by atoms with Crippen molar-refractivity contribution in [3.63, 3.8) is 0 Å². The molecule has 1 N–H and O–H groups in total. The Morgan fingerprint density at radius 1 is 1.00 bits per heavy atom. The molecular formula is C24H22Cl2N2O5S. The van der Waals surface area contributed by atoms with Crippen molar-refractivity contribution in [2.45, 2.75) is 13.5 Å². The first-order valence-electron chi connectivity index (χ1n) is 10.2. The lowest BCUT2D eigenvalue weighted by molar-refractivity contribution is 0.0526. The van der Waals surface area contributed by atoms with E-state index in [0.717, 1.165) is 6.26 Å². The van der Waals surface area contributed by atoms with Crippen LogP contribution in [0.15, 0.2) is 66.7 Å². The summed E-state index contributed by atoms with van der Waals surface area (Å²) >= 11 is 12.2. The molecule has 0 radical (unpaired) electrons. The lowest BCUT2D eigenvalue weighted by Crippen LogP contribution is -2.29. The van der Waals surface area contributed by atoms with E-state index in [-0.39, 0.29) is 29.6 Å². The van der Waals surface area contributed by atoms with Gasteiger partial charge in [-0.05, 0) is 61.0 Å². The zero-order valence-electron chi connectivity index (χ0n) is 18.4. The van der Waals surface area contributed by atoms with E-state index < -0.39 is 16.0 Å². The predicted molar refractivity (Wildman–Crippen MR) is 134 cm³/mol. The molecule has 0 aliphatic rings. The third-order valence-corrected chi connectivity index (χ3v) is 6.45. The standard InChI is InChI=1S/C24H22Cl2N2O5S/c1-3-33-24(30)21-12-11-19(14-22(21)26)27-23(29)17-9-7-16(8-10-17)15-28(34(2,31)32)20-6-4-5-18(25)13-20/h4-14H,3,15H2,1-2H3,(H,27,29). The highest BCUT2D eigenvalue weighted by molar-refractivity contribution is 7.92. The second-order valence-corrected chi connectivity index (χ2v) is 10.1. The maximum absolute atomic E-state index is 12.6. The maximum atomic E-state index is 12.6. The minimum atomic E-state index is -3.57. The maximum Gasteiger partial charge on any atom is 0.339 e. The highest BCUT2D eigenvalue weighted by Crippen LogP contribution is 2.25. The van der Waals surface area contributed by atoms with Crippen LogP contribution in [0.4, 0.5) is 11.4 Å². The second kappa shape index (κ2) is 10.9. The van der Waals surface area contributed by atoms with E-state index in [9.17, 15) is 18.0 Å². The molecule has 0 heterocycles. The number of hydrogen-bond acceptors (Lipinski definition) is 5. The van der Waals surface area contributed by atoms with Crippen molar-refractivity contribution in [1.82, 2.24) is 0 Å². The van der Waals surface area contributed by atoms with Gasteiger partial charge in [-0.25, -0.2) is 13.2 Å². The van der Waals surface area contributed by atoms with Crippen molar-refractivity contribution in [2.24, 2.45) is 0 Å². The highest BCUT2D eigenvalue weighted by atomic mass is 35.5. The van der Waals surface area contributed by atoms with Crippen molar-refractivity contribution >= 4 is 56.5 Å². The molecule has 0 saturated carbocycles. The number of nitrogens with one attached hydrogen (secondary N) is 1. The van der Waals surface area contributed by atoms with Crippen LogP contribution in [0.3, 0.4) is 0 Å². The van der Waals surface area contributed by atoms with Crippen LogP contribution in [0.2, 0.25) is 10.0 Å². The Hall–Kier alpha value is -3.07. The Kier molecular flexibility index (Phi) is 8.19. The minimum absolute atomic E-state index is 0.0754. The number of anilines is 2. The fourth-order valence-electron chi connectivity index (χ4n) is 3.13.